The highest BCUT2D eigenvalue weighted by atomic mass is 16.3. The van der Waals surface area contributed by atoms with E-state index in [2.05, 4.69) is 57.0 Å². The summed E-state index contributed by atoms with van der Waals surface area (Å²) in [6, 6.07) is 8.98. The van der Waals surface area contributed by atoms with Gasteiger partial charge in [0.25, 0.3) is 0 Å². The Morgan fingerprint density at radius 2 is 1.65 bits per heavy atom. The van der Waals surface area contributed by atoms with Crippen molar-refractivity contribution in [1.29, 1.82) is 0 Å². The van der Waals surface area contributed by atoms with Crippen LogP contribution in [0.25, 0.3) is 0 Å². The van der Waals surface area contributed by atoms with Crippen LogP contribution in [-0.2, 0) is 13.0 Å². The minimum atomic E-state index is 0.223. The fraction of sp³-hybridized carbons (Fsp3) is 0.600. The number of nitrogens with zero attached hydrogens (tertiary/aromatic N) is 1. The van der Waals surface area contributed by atoms with Crippen LogP contribution in [0.15, 0.2) is 24.3 Å². The molecular formula is C15H25NO. The summed E-state index contributed by atoms with van der Waals surface area (Å²) in [4.78, 5) is 2.23. The van der Waals surface area contributed by atoms with Crippen molar-refractivity contribution in [2.45, 2.75) is 39.8 Å². The Morgan fingerprint density at radius 1 is 1.12 bits per heavy atom. The average molecular weight is 235 g/mol. The van der Waals surface area contributed by atoms with Crippen molar-refractivity contribution in [2.75, 3.05) is 13.7 Å². The summed E-state index contributed by atoms with van der Waals surface area (Å²) in [5, 5.41) is 9.39. The fourth-order valence-electron chi connectivity index (χ4n) is 2.14. The van der Waals surface area contributed by atoms with E-state index in [9.17, 15) is 5.11 Å². The van der Waals surface area contributed by atoms with E-state index in [1.165, 1.54) is 11.1 Å². The van der Waals surface area contributed by atoms with Gasteiger partial charge in [-0.1, -0.05) is 45.0 Å². The van der Waals surface area contributed by atoms with E-state index < -0.39 is 0 Å². The molecule has 0 aromatic heterocycles. The van der Waals surface area contributed by atoms with Gasteiger partial charge in [0.2, 0.25) is 0 Å². The van der Waals surface area contributed by atoms with Crippen molar-refractivity contribution < 1.29 is 5.11 Å². The van der Waals surface area contributed by atoms with Crippen molar-refractivity contribution in [2.24, 2.45) is 5.92 Å². The van der Waals surface area contributed by atoms with E-state index in [1.807, 2.05) is 0 Å². The Bertz CT molecular complexity index is 318. The quantitative estimate of drug-likeness (QED) is 0.819. The standard InChI is InChI=1S/C15H25NO/c1-5-13-6-8-14(9-7-13)10-16(4)15(11-17)12(2)3/h6-9,12,15,17H,5,10-11H2,1-4H3. The van der Waals surface area contributed by atoms with Crippen molar-refractivity contribution in [3.05, 3.63) is 35.4 Å². The summed E-state index contributed by atoms with van der Waals surface area (Å²) >= 11 is 0. The molecule has 0 spiro atoms. The predicted molar refractivity (Wildman–Crippen MR) is 73.0 cm³/mol. The summed E-state index contributed by atoms with van der Waals surface area (Å²) in [6.07, 6.45) is 1.08. The maximum atomic E-state index is 9.39. The van der Waals surface area contributed by atoms with Crippen molar-refractivity contribution in [3.8, 4) is 0 Å². The van der Waals surface area contributed by atoms with Gasteiger partial charge >= 0.3 is 0 Å². The first-order chi connectivity index (χ1) is 8.08. The molecule has 1 N–H and O–H groups in total. The molecule has 1 rings (SSSR count). The third kappa shape index (κ3) is 4.14. The minimum Gasteiger partial charge on any atom is -0.395 e. The Balaban J connectivity index is 2.63. The van der Waals surface area contributed by atoms with Crippen LogP contribution < -0.4 is 0 Å². The van der Waals surface area contributed by atoms with Crippen LogP contribution in [0.2, 0.25) is 0 Å². The van der Waals surface area contributed by atoms with Gasteiger partial charge in [-0.15, -0.1) is 0 Å². The van der Waals surface area contributed by atoms with Crippen LogP contribution in [-0.4, -0.2) is 29.7 Å². The van der Waals surface area contributed by atoms with E-state index in [0.717, 1.165) is 13.0 Å². The normalized spacial score (nSPS) is 13.4. The van der Waals surface area contributed by atoms with Gasteiger partial charge in [0.05, 0.1) is 6.61 Å². The zero-order valence-electron chi connectivity index (χ0n) is 11.5. The smallest absolute Gasteiger partial charge is 0.0589 e. The minimum absolute atomic E-state index is 0.223. The third-order valence-corrected chi connectivity index (χ3v) is 3.39. The van der Waals surface area contributed by atoms with Crippen molar-refractivity contribution >= 4 is 0 Å². The molecule has 0 amide bonds. The topological polar surface area (TPSA) is 23.5 Å². The molecular weight excluding hydrogens is 210 g/mol. The van der Waals surface area contributed by atoms with Gasteiger partial charge in [0.1, 0.15) is 0 Å². The van der Waals surface area contributed by atoms with Crippen LogP contribution in [0.4, 0.5) is 0 Å². The highest BCUT2D eigenvalue weighted by molar-refractivity contribution is 5.22. The van der Waals surface area contributed by atoms with Crippen LogP contribution in [0, 0.1) is 5.92 Å². The largest absolute Gasteiger partial charge is 0.395 e. The fourth-order valence-corrected chi connectivity index (χ4v) is 2.14. The summed E-state index contributed by atoms with van der Waals surface area (Å²) in [6.45, 7) is 7.59. The summed E-state index contributed by atoms with van der Waals surface area (Å²) in [5.41, 5.74) is 2.68. The van der Waals surface area contributed by atoms with Crippen LogP contribution >= 0.6 is 0 Å². The molecule has 0 aliphatic heterocycles. The zero-order chi connectivity index (χ0) is 12.8. The number of aryl methyl sites for hydroxylation is 1. The molecule has 96 valence electrons. The first-order valence-corrected chi connectivity index (χ1v) is 6.47. The van der Waals surface area contributed by atoms with Gasteiger partial charge in [-0.25, -0.2) is 0 Å². The highest BCUT2D eigenvalue weighted by Crippen LogP contribution is 2.13. The molecule has 1 atom stereocenters. The van der Waals surface area contributed by atoms with Crippen molar-refractivity contribution in [3.63, 3.8) is 0 Å². The molecule has 0 bridgehead atoms. The molecule has 2 heteroatoms. The molecule has 1 unspecified atom stereocenters. The van der Waals surface area contributed by atoms with E-state index >= 15 is 0 Å². The zero-order valence-corrected chi connectivity index (χ0v) is 11.5. The molecule has 17 heavy (non-hydrogen) atoms. The van der Waals surface area contributed by atoms with Gasteiger partial charge in [-0.2, -0.15) is 0 Å². The van der Waals surface area contributed by atoms with Crippen molar-refractivity contribution in [1.82, 2.24) is 4.90 Å². The lowest BCUT2D eigenvalue weighted by molar-refractivity contribution is 0.108. The molecule has 0 heterocycles. The summed E-state index contributed by atoms with van der Waals surface area (Å²) in [7, 11) is 2.08. The maximum Gasteiger partial charge on any atom is 0.0589 e. The second-order valence-corrected chi connectivity index (χ2v) is 5.08. The third-order valence-electron chi connectivity index (χ3n) is 3.39. The Morgan fingerprint density at radius 3 is 2.06 bits per heavy atom. The molecule has 0 saturated carbocycles. The van der Waals surface area contributed by atoms with E-state index in [0.29, 0.717) is 5.92 Å². The molecule has 0 fully saturated rings. The second-order valence-electron chi connectivity index (χ2n) is 5.08. The number of hydrogen-bond donors (Lipinski definition) is 1. The number of aliphatic hydroxyl groups is 1. The van der Waals surface area contributed by atoms with Crippen LogP contribution in [0.5, 0.6) is 0 Å². The first kappa shape index (κ1) is 14.2. The monoisotopic (exact) mass is 235 g/mol. The van der Waals surface area contributed by atoms with E-state index in [1.54, 1.807) is 0 Å². The van der Waals surface area contributed by atoms with Gasteiger partial charge in [0, 0.05) is 12.6 Å². The van der Waals surface area contributed by atoms with Gasteiger partial charge in [0.15, 0.2) is 0 Å². The molecule has 0 aliphatic rings. The number of aliphatic hydroxyl groups excluding tert-OH is 1. The number of likely N-dealkylation sites (N-methyl/N-ethyl adjacent to an activating group) is 1. The lowest BCUT2D eigenvalue weighted by Crippen LogP contribution is -2.38. The highest BCUT2D eigenvalue weighted by Gasteiger charge is 2.17. The van der Waals surface area contributed by atoms with E-state index in [4.69, 9.17) is 0 Å². The Kier molecular flexibility index (Phi) is 5.66. The second kappa shape index (κ2) is 6.77. The van der Waals surface area contributed by atoms with Gasteiger partial charge in [-0.3, -0.25) is 4.90 Å². The number of benzene rings is 1. The van der Waals surface area contributed by atoms with E-state index in [-0.39, 0.29) is 12.6 Å². The predicted octanol–water partition coefficient (Wildman–Crippen LogP) is 2.70. The average Bonchev–Trinajstić information content (AvgIpc) is 2.30. The summed E-state index contributed by atoms with van der Waals surface area (Å²) in [5.74, 6) is 0.472. The molecule has 0 radical (unpaired) electrons. The number of rotatable bonds is 6. The maximum absolute atomic E-state index is 9.39. The van der Waals surface area contributed by atoms with Crippen LogP contribution in [0.1, 0.15) is 31.9 Å². The lowest BCUT2D eigenvalue weighted by atomic mass is 10.0. The van der Waals surface area contributed by atoms with Gasteiger partial charge in [-0.05, 0) is 30.5 Å². The molecule has 1 aromatic carbocycles. The molecule has 1 aromatic rings. The number of hydrogen-bond acceptors (Lipinski definition) is 2. The van der Waals surface area contributed by atoms with Crippen LogP contribution in [0.3, 0.4) is 0 Å². The molecule has 2 nitrogen and oxygen atoms in total. The first-order valence-electron chi connectivity index (χ1n) is 6.47. The summed E-state index contributed by atoms with van der Waals surface area (Å²) < 4.78 is 0. The molecule has 0 saturated heterocycles. The Labute approximate surface area is 105 Å². The Hall–Kier alpha value is -0.860. The SMILES string of the molecule is CCc1ccc(CN(C)C(CO)C(C)C)cc1. The van der Waals surface area contributed by atoms with Gasteiger partial charge < -0.3 is 5.11 Å². The molecule has 0 aliphatic carbocycles. The lowest BCUT2D eigenvalue weighted by Gasteiger charge is -2.29.